The molecule has 0 spiro atoms. The van der Waals surface area contributed by atoms with Crippen LogP contribution >= 0.6 is 0 Å². The van der Waals surface area contributed by atoms with Crippen LogP contribution in [-0.2, 0) is 0 Å². The molecule has 0 aliphatic rings. The summed E-state index contributed by atoms with van der Waals surface area (Å²) in [6, 6.07) is 16.7. The Hall–Kier alpha value is -2.67. The van der Waals surface area contributed by atoms with Crippen molar-refractivity contribution < 1.29 is 4.79 Å². The quantitative estimate of drug-likeness (QED) is 0.458. The molecular formula is C27H30O. The Labute approximate surface area is 169 Å². The molecule has 28 heavy (non-hydrogen) atoms. The fraction of sp³-hybridized carbons (Fsp3) is 0.296. The SMILES string of the molecule is Cc1ccc(C(=O)C(c2c(C)cc(C)cc2C)c2c(C)cc(C)cc2C)cc1. The second-order valence-corrected chi connectivity index (χ2v) is 8.29. The predicted molar refractivity (Wildman–Crippen MR) is 119 cm³/mol. The Bertz CT molecular complexity index is 935. The zero-order valence-electron chi connectivity index (χ0n) is 18.1. The van der Waals surface area contributed by atoms with Crippen molar-refractivity contribution in [3.05, 3.63) is 104 Å². The van der Waals surface area contributed by atoms with E-state index in [-0.39, 0.29) is 11.7 Å². The molecule has 0 bridgehead atoms. The Morgan fingerprint density at radius 1 is 0.571 bits per heavy atom. The van der Waals surface area contributed by atoms with Crippen LogP contribution in [0.5, 0.6) is 0 Å². The van der Waals surface area contributed by atoms with Gasteiger partial charge in [-0.05, 0) is 81.8 Å². The summed E-state index contributed by atoms with van der Waals surface area (Å²) in [4.78, 5) is 13.8. The number of hydrogen-bond donors (Lipinski definition) is 0. The van der Waals surface area contributed by atoms with Crippen molar-refractivity contribution in [3.8, 4) is 0 Å². The van der Waals surface area contributed by atoms with Gasteiger partial charge >= 0.3 is 0 Å². The highest BCUT2D eigenvalue weighted by molar-refractivity contribution is 6.04. The number of rotatable bonds is 4. The first-order valence-electron chi connectivity index (χ1n) is 9.95. The summed E-state index contributed by atoms with van der Waals surface area (Å²) < 4.78 is 0. The molecule has 0 saturated carbocycles. The Morgan fingerprint density at radius 3 is 1.29 bits per heavy atom. The van der Waals surface area contributed by atoms with Crippen LogP contribution in [0.4, 0.5) is 0 Å². The van der Waals surface area contributed by atoms with Gasteiger partial charge in [0.15, 0.2) is 5.78 Å². The molecule has 144 valence electrons. The summed E-state index contributed by atoms with van der Waals surface area (Å²) in [7, 11) is 0. The minimum Gasteiger partial charge on any atom is -0.293 e. The predicted octanol–water partition coefficient (Wildman–Crippen LogP) is 6.86. The van der Waals surface area contributed by atoms with Crippen molar-refractivity contribution in [2.24, 2.45) is 0 Å². The van der Waals surface area contributed by atoms with E-state index in [9.17, 15) is 4.79 Å². The minimum absolute atomic E-state index is 0.171. The molecule has 0 fully saturated rings. The molecule has 0 atom stereocenters. The molecule has 0 unspecified atom stereocenters. The number of hydrogen-bond acceptors (Lipinski definition) is 1. The van der Waals surface area contributed by atoms with Crippen molar-refractivity contribution in [2.75, 3.05) is 0 Å². The van der Waals surface area contributed by atoms with Crippen molar-refractivity contribution in [3.63, 3.8) is 0 Å². The summed E-state index contributed by atoms with van der Waals surface area (Å²) in [6.07, 6.45) is 0. The Morgan fingerprint density at radius 2 is 0.929 bits per heavy atom. The van der Waals surface area contributed by atoms with E-state index in [0.717, 1.165) is 16.7 Å². The molecule has 0 N–H and O–H groups in total. The van der Waals surface area contributed by atoms with E-state index in [1.54, 1.807) is 0 Å². The van der Waals surface area contributed by atoms with Crippen LogP contribution in [0.1, 0.15) is 66.3 Å². The van der Waals surface area contributed by atoms with Crippen LogP contribution in [0.2, 0.25) is 0 Å². The highest BCUT2D eigenvalue weighted by atomic mass is 16.1. The molecule has 1 heteroatoms. The molecule has 3 aromatic carbocycles. The van der Waals surface area contributed by atoms with Gasteiger partial charge in [-0.1, -0.05) is 65.2 Å². The van der Waals surface area contributed by atoms with Crippen molar-refractivity contribution in [1.82, 2.24) is 0 Å². The molecule has 0 aliphatic heterocycles. The van der Waals surface area contributed by atoms with Crippen LogP contribution in [0.15, 0.2) is 48.5 Å². The van der Waals surface area contributed by atoms with Gasteiger partial charge in [-0.2, -0.15) is 0 Å². The third-order valence-corrected chi connectivity index (χ3v) is 5.65. The molecule has 1 nitrogen and oxygen atoms in total. The highest BCUT2D eigenvalue weighted by Gasteiger charge is 2.29. The molecule has 0 saturated heterocycles. The molecule has 0 radical (unpaired) electrons. The van der Waals surface area contributed by atoms with Gasteiger partial charge in [-0.15, -0.1) is 0 Å². The molecule has 0 amide bonds. The van der Waals surface area contributed by atoms with Gasteiger partial charge in [0.05, 0.1) is 5.92 Å². The summed E-state index contributed by atoms with van der Waals surface area (Å²) >= 11 is 0. The highest BCUT2D eigenvalue weighted by Crippen LogP contribution is 2.37. The maximum Gasteiger partial charge on any atom is 0.174 e. The maximum absolute atomic E-state index is 13.8. The van der Waals surface area contributed by atoms with Gasteiger partial charge < -0.3 is 0 Å². The first-order chi connectivity index (χ1) is 13.2. The molecule has 0 aliphatic carbocycles. The fourth-order valence-electron chi connectivity index (χ4n) is 4.58. The number of ketones is 1. The Kier molecular flexibility index (Phi) is 5.56. The lowest BCUT2D eigenvalue weighted by Crippen LogP contribution is -2.19. The van der Waals surface area contributed by atoms with Crippen molar-refractivity contribution >= 4 is 5.78 Å². The third-order valence-electron chi connectivity index (χ3n) is 5.65. The van der Waals surface area contributed by atoms with E-state index >= 15 is 0 Å². The van der Waals surface area contributed by atoms with E-state index in [1.165, 1.54) is 38.9 Å². The molecule has 0 aromatic heterocycles. The first kappa shape index (κ1) is 20.1. The van der Waals surface area contributed by atoms with E-state index in [4.69, 9.17) is 0 Å². The van der Waals surface area contributed by atoms with Gasteiger partial charge in [0, 0.05) is 5.56 Å². The lowest BCUT2D eigenvalue weighted by Gasteiger charge is -2.25. The number of aryl methyl sites for hydroxylation is 7. The number of carbonyl (C=O) groups excluding carboxylic acids is 1. The van der Waals surface area contributed by atoms with E-state index in [0.29, 0.717) is 0 Å². The molecular weight excluding hydrogens is 340 g/mol. The van der Waals surface area contributed by atoms with E-state index in [2.05, 4.69) is 65.8 Å². The van der Waals surface area contributed by atoms with E-state index < -0.39 is 0 Å². The molecule has 3 rings (SSSR count). The van der Waals surface area contributed by atoms with Crippen LogP contribution in [0.25, 0.3) is 0 Å². The largest absolute Gasteiger partial charge is 0.293 e. The van der Waals surface area contributed by atoms with Gasteiger partial charge in [-0.3, -0.25) is 4.79 Å². The summed E-state index contributed by atoms with van der Waals surface area (Å²) in [5, 5.41) is 0. The van der Waals surface area contributed by atoms with Gasteiger partial charge in [0.25, 0.3) is 0 Å². The van der Waals surface area contributed by atoms with E-state index in [1.807, 2.05) is 31.2 Å². The lowest BCUT2D eigenvalue weighted by atomic mass is 9.77. The second kappa shape index (κ2) is 7.75. The van der Waals surface area contributed by atoms with Gasteiger partial charge in [0.1, 0.15) is 0 Å². The third kappa shape index (κ3) is 3.80. The molecule has 3 aromatic rings. The normalized spacial score (nSPS) is 11.1. The van der Waals surface area contributed by atoms with Crippen molar-refractivity contribution in [1.29, 1.82) is 0 Å². The topological polar surface area (TPSA) is 17.1 Å². The number of carbonyl (C=O) groups is 1. The van der Waals surface area contributed by atoms with Crippen LogP contribution in [0.3, 0.4) is 0 Å². The van der Waals surface area contributed by atoms with Crippen molar-refractivity contribution in [2.45, 2.75) is 54.4 Å². The summed E-state index contributed by atoms with van der Waals surface area (Å²) in [6.45, 7) is 14.8. The molecule has 0 heterocycles. The average Bonchev–Trinajstić information content (AvgIpc) is 2.58. The van der Waals surface area contributed by atoms with Gasteiger partial charge in [0.2, 0.25) is 0 Å². The zero-order valence-corrected chi connectivity index (χ0v) is 18.1. The number of Topliss-reactive ketones (excluding diaryl/α,β-unsaturated/α-hetero) is 1. The smallest absolute Gasteiger partial charge is 0.174 e. The fourth-order valence-corrected chi connectivity index (χ4v) is 4.58. The zero-order chi connectivity index (χ0) is 20.6. The summed E-state index contributed by atoms with van der Waals surface area (Å²) in [5.74, 6) is -0.117. The van der Waals surface area contributed by atoms with Crippen LogP contribution in [-0.4, -0.2) is 5.78 Å². The van der Waals surface area contributed by atoms with Crippen LogP contribution in [0, 0.1) is 48.5 Å². The Balaban J connectivity index is 2.30. The average molecular weight is 371 g/mol. The minimum atomic E-state index is -0.288. The second-order valence-electron chi connectivity index (χ2n) is 8.29. The first-order valence-corrected chi connectivity index (χ1v) is 9.95. The number of benzene rings is 3. The standard InChI is InChI=1S/C27H30O/c1-16-8-10-23(11-9-16)27(28)26(24-19(4)12-17(2)13-20(24)5)25-21(6)14-18(3)15-22(25)7/h8-15,26H,1-7H3. The lowest BCUT2D eigenvalue weighted by molar-refractivity contribution is 0.0972. The monoisotopic (exact) mass is 370 g/mol. The van der Waals surface area contributed by atoms with Gasteiger partial charge in [-0.25, -0.2) is 0 Å². The summed E-state index contributed by atoms with van der Waals surface area (Å²) in [5.41, 5.74) is 11.4. The maximum atomic E-state index is 13.8. The van der Waals surface area contributed by atoms with Crippen LogP contribution < -0.4 is 0 Å².